The Labute approximate surface area is 204 Å². The highest BCUT2D eigenvalue weighted by Gasteiger charge is 2.55. The van der Waals surface area contributed by atoms with E-state index >= 15 is 0 Å². The minimum atomic E-state index is -0.696. The molecule has 7 heteroatoms. The lowest BCUT2D eigenvalue weighted by atomic mass is 9.68. The summed E-state index contributed by atoms with van der Waals surface area (Å²) in [6.07, 6.45) is 5.03. The molecule has 6 unspecified atom stereocenters. The average Bonchev–Trinajstić information content (AvgIpc) is 2.87. The molecule has 0 spiro atoms. The van der Waals surface area contributed by atoms with Crippen molar-refractivity contribution in [3.63, 3.8) is 0 Å². The van der Waals surface area contributed by atoms with E-state index in [1.807, 2.05) is 30.5 Å². The van der Waals surface area contributed by atoms with E-state index in [2.05, 4.69) is 16.5 Å². The number of piperidine rings is 3. The molecular formula is C27H29ClN2O4. The van der Waals surface area contributed by atoms with Gasteiger partial charge in [-0.3, -0.25) is 9.89 Å². The largest absolute Gasteiger partial charge is 0.497 e. The van der Waals surface area contributed by atoms with Crippen LogP contribution in [-0.4, -0.2) is 60.1 Å². The zero-order valence-corrected chi connectivity index (χ0v) is 19.9. The fourth-order valence-electron chi connectivity index (χ4n) is 5.75. The van der Waals surface area contributed by atoms with E-state index in [1.165, 1.54) is 0 Å². The van der Waals surface area contributed by atoms with Crippen molar-refractivity contribution in [2.75, 3.05) is 20.2 Å². The molecule has 2 aromatic rings. The van der Waals surface area contributed by atoms with E-state index in [4.69, 9.17) is 21.1 Å². The zero-order chi connectivity index (χ0) is 23.9. The van der Waals surface area contributed by atoms with Gasteiger partial charge in [-0.25, -0.2) is 4.79 Å². The fourth-order valence-corrected chi connectivity index (χ4v) is 5.87. The minimum Gasteiger partial charge on any atom is -0.497 e. The number of hydrogen-bond acceptors (Lipinski definition) is 6. The third-order valence-corrected chi connectivity index (χ3v) is 7.90. The molecule has 1 N–H and O–H groups in total. The quantitative estimate of drug-likeness (QED) is 0.476. The first kappa shape index (κ1) is 23.1. The predicted octanol–water partition coefficient (Wildman–Crippen LogP) is 4.78. The summed E-state index contributed by atoms with van der Waals surface area (Å²) in [7, 11) is 1.64. The van der Waals surface area contributed by atoms with Crippen molar-refractivity contribution in [3.8, 4) is 5.75 Å². The van der Waals surface area contributed by atoms with Crippen LogP contribution in [0.4, 0.5) is 5.69 Å². The number of benzene rings is 2. The van der Waals surface area contributed by atoms with E-state index in [1.54, 1.807) is 31.4 Å². The molecule has 6 nitrogen and oxygen atoms in total. The molecule has 0 aliphatic carbocycles. The molecule has 3 saturated heterocycles. The summed E-state index contributed by atoms with van der Waals surface area (Å²) in [5, 5.41) is 12.2. The molecule has 4 aliphatic rings. The third-order valence-electron chi connectivity index (χ3n) is 7.64. The Bertz CT molecular complexity index is 1120. The number of esters is 1. The van der Waals surface area contributed by atoms with Crippen molar-refractivity contribution in [3.05, 3.63) is 71.3 Å². The van der Waals surface area contributed by atoms with Gasteiger partial charge in [0.2, 0.25) is 0 Å². The van der Waals surface area contributed by atoms with Crippen LogP contribution in [-0.2, 0) is 4.74 Å². The van der Waals surface area contributed by atoms with Gasteiger partial charge in [0, 0.05) is 55.0 Å². The van der Waals surface area contributed by atoms with Gasteiger partial charge in [0.05, 0.1) is 24.5 Å². The SMILES string of the molecule is C=CC1CN2CCC1(OC(=O)c1ccc(Cl)cc1)CC2C(O)C1CC=Nc2ccc(OC)cc21. The van der Waals surface area contributed by atoms with Crippen LogP contribution in [0.1, 0.15) is 41.1 Å². The number of aliphatic hydroxyl groups is 1. The van der Waals surface area contributed by atoms with Gasteiger partial charge in [0.1, 0.15) is 11.4 Å². The Morgan fingerprint density at radius 3 is 2.85 bits per heavy atom. The van der Waals surface area contributed by atoms with Crippen molar-refractivity contribution >= 4 is 29.5 Å². The van der Waals surface area contributed by atoms with Crippen molar-refractivity contribution in [1.29, 1.82) is 0 Å². The second-order valence-corrected chi connectivity index (χ2v) is 9.83. The average molecular weight is 481 g/mol. The molecule has 3 fully saturated rings. The van der Waals surface area contributed by atoms with Gasteiger partial charge in [0.15, 0.2) is 0 Å². The molecule has 0 saturated carbocycles. The molecule has 34 heavy (non-hydrogen) atoms. The van der Waals surface area contributed by atoms with Crippen molar-refractivity contribution in [2.24, 2.45) is 10.9 Å². The van der Waals surface area contributed by atoms with Gasteiger partial charge in [0.25, 0.3) is 0 Å². The maximum atomic E-state index is 13.1. The van der Waals surface area contributed by atoms with E-state index in [0.717, 1.165) is 23.5 Å². The number of aliphatic hydroxyl groups excluding tert-OH is 1. The normalized spacial score (nSPS) is 30.3. The number of fused-ring (bicyclic) bond motifs is 4. The number of nitrogens with zero attached hydrogens (tertiary/aromatic N) is 2. The fraction of sp³-hybridized carbons (Fsp3) is 0.407. The summed E-state index contributed by atoms with van der Waals surface area (Å²) >= 11 is 5.98. The number of carbonyl (C=O) groups excluding carboxylic acids is 1. The molecule has 4 heterocycles. The molecule has 6 rings (SSSR count). The first-order valence-electron chi connectivity index (χ1n) is 11.7. The van der Waals surface area contributed by atoms with Crippen LogP contribution in [0.5, 0.6) is 5.75 Å². The summed E-state index contributed by atoms with van der Waals surface area (Å²) in [6, 6.07) is 12.4. The van der Waals surface area contributed by atoms with Gasteiger partial charge in [-0.05, 0) is 54.4 Å². The third kappa shape index (κ3) is 4.04. The molecule has 0 aromatic heterocycles. The maximum Gasteiger partial charge on any atom is 0.338 e. The summed E-state index contributed by atoms with van der Waals surface area (Å²) < 4.78 is 11.7. The monoisotopic (exact) mass is 480 g/mol. The second kappa shape index (κ2) is 9.17. The van der Waals surface area contributed by atoms with Crippen molar-refractivity contribution in [1.82, 2.24) is 4.90 Å². The minimum absolute atomic E-state index is 0.00116. The predicted molar refractivity (Wildman–Crippen MR) is 132 cm³/mol. The number of ether oxygens (including phenoxy) is 2. The number of rotatable bonds is 6. The highest BCUT2D eigenvalue weighted by molar-refractivity contribution is 6.30. The van der Waals surface area contributed by atoms with Crippen LogP contribution in [0.15, 0.2) is 60.1 Å². The van der Waals surface area contributed by atoms with Crippen LogP contribution in [0.25, 0.3) is 0 Å². The zero-order valence-electron chi connectivity index (χ0n) is 19.2. The van der Waals surface area contributed by atoms with Crippen molar-refractivity contribution < 1.29 is 19.4 Å². The maximum absolute atomic E-state index is 13.1. The van der Waals surface area contributed by atoms with Crippen LogP contribution in [0.3, 0.4) is 0 Å². The lowest BCUT2D eigenvalue weighted by molar-refractivity contribution is -0.155. The molecule has 2 bridgehead atoms. The van der Waals surface area contributed by atoms with Crippen LogP contribution < -0.4 is 4.74 Å². The number of aliphatic imine (C=N–C) groups is 1. The Morgan fingerprint density at radius 1 is 1.32 bits per heavy atom. The van der Waals surface area contributed by atoms with Gasteiger partial charge < -0.3 is 14.6 Å². The van der Waals surface area contributed by atoms with E-state index < -0.39 is 11.7 Å². The molecule has 4 aliphatic heterocycles. The number of carbonyl (C=O) groups is 1. The smallest absolute Gasteiger partial charge is 0.338 e. The van der Waals surface area contributed by atoms with Crippen molar-refractivity contribution in [2.45, 2.75) is 42.9 Å². The van der Waals surface area contributed by atoms with E-state index in [-0.39, 0.29) is 23.8 Å². The highest BCUT2D eigenvalue weighted by atomic mass is 35.5. The Balaban J connectivity index is 1.41. The summed E-state index contributed by atoms with van der Waals surface area (Å²) in [5.41, 5.74) is 1.62. The summed E-state index contributed by atoms with van der Waals surface area (Å²) in [6.45, 7) is 5.47. The molecule has 6 atom stereocenters. The van der Waals surface area contributed by atoms with Gasteiger partial charge in [-0.15, -0.1) is 6.58 Å². The number of methoxy groups -OCH3 is 1. The van der Waals surface area contributed by atoms with E-state index in [9.17, 15) is 9.90 Å². The standard InChI is InChI=1S/C27H29ClN2O4/c1-3-18-16-30-13-11-27(18,34-26(32)17-4-6-19(28)7-5-17)15-24(30)25(31)21-10-12-29-23-9-8-20(33-2)14-22(21)23/h3-9,12,14,18,21,24-25,31H,1,10-11,13,15-16H2,2H3. The second-order valence-electron chi connectivity index (χ2n) is 9.39. The first-order valence-corrected chi connectivity index (χ1v) is 12.1. The summed E-state index contributed by atoms with van der Waals surface area (Å²) in [4.78, 5) is 19.9. The molecular weight excluding hydrogens is 452 g/mol. The number of hydrogen-bond donors (Lipinski definition) is 1. The molecule has 0 amide bonds. The van der Waals surface area contributed by atoms with Crippen LogP contribution in [0, 0.1) is 5.92 Å². The van der Waals surface area contributed by atoms with Gasteiger partial charge >= 0.3 is 5.97 Å². The van der Waals surface area contributed by atoms with E-state index in [0.29, 0.717) is 36.4 Å². The van der Waals surface area contributed by atoms with Gasteiger partial charge in [-0.1, -0.05) is 17.7 Å². The van der Waals surface area contributed by atoms with Crippen LogP contribution >= 0.6 is 11.6 Å². The Kier molecular flexibility index (Phi) is 6.23. The van der Waals surface area contributed by atoms with Crippen LogP contribution in [0.2, 0.25) is 5.02 Å². The lowest BCUT2D eigenvalue weighted by Crippen LogP contribution is -2.66. The number of halogens is 1. The molecule has 0 radical (unpaired) electrons. The lowest BCUT2D eigenvalue weighted by Gasteiger charge is -2.57. The Hall–Kier alpha value is -2.67. The molecule has 178 valence electrons. The molecule has 2 aromatic carbocycles. The first-order chi connectivity index (χ1) is 16.4. The van der Waals surface area contributed by atoms with Gasteiger partial charge in [-0.2, -0.15) is 0 Å². The highest BCUT2D eigenvalue weighted by Crippen LogP contribution is 2.47. The Morgan fingerprint density at radius 2 is 2.12 bits per heavy atom. The summed E-state index contributed by atoms with van der Waals surface area (Å²) in [5.74, 6) is 0.269. The topological polar surface area (TPSA) is 71.4 Å².